The molecule has 2 aromatic carbocycles. The number of benzene rings is 2. The summed E-state index contributed by atoms with van der Waals surface area (Å²) in [5.41, 5.74) is 7.36. The first-order valence-corrected chi connectivity index (χ1v) is 15.9. The lowest BCUT2D eigenvalue weighted by molar-refractivity contribution is -0.147. The van der Waals surface area contributed by atoms with Crippen LogP contribution in [-0.2, 0) is 33.4 Å². The molecule has 1 N–H and O–H groups in total. The van der Waals surface area contributed by atoms with Crippen molar-refractivity contribution in [3.8, 4) is 0 Å². The molecule has 0 aliphatic rings. The van der Waals surface area contributed by atoms with E-state index in [4.69, 9.17) is 9.47 Å². The highest BCUT2D eigenvalue weighted by Gasteiger charge is 2.34. The SMILES string of the molecule is CCC(C)C(O)CC(=O)C(C(=O)OC)c1c(C)cc(C)cc1C.CCC(C)C=O.COC(=O)C(C(C)=O)c1c(C)cc(C)cc1C. The molecule has 8 nitrogen and oxygen atoms in total. The second-order valence-corrected chi connectivity index (χ2v) is 12.3. The molecule has 0 aromatic heterocycles. The summed E-state index contributed by atoms with van der Waals surface area (Å²) in [6.45, 7) is 20.8. The molecule has 0 bridgehead atoms. The number of rotatable bonds is 12. The molecule has 8 heteroatoms. The standard InChI is InChI=1S/C19H28O4.C14H18O3.C5H10O/c1-7-12(3)15(20)10-16(21)18(19(22)23-6)17-13(4)8-11(2)9-14(17)5;1-8-6-9(2)12(10(3)7-8)13(11(4)15)14(16)17-5;1-3-5(2)4-6/h8-9,12,15,18,20H,7,10H2,1-6H3;6-7,13H,1-5H3;4-5H,3H2,1-2H3. The van der Waals surface area contributed by atoms with Crippen LogP contribution in [0.5, 0.6) is 0 Å². The van der Waals surface area contributed by atoms with Crippen molar-refractivity contribution in [3.63, 3.8) is 0 Å². The molecular weight excluding hydrogens is 584 g/mol. The Bertz CT molecular complexity index is 1300. The molecule has 0 heterocycles. The third-order valence-electron chi connectivity index (χ3n) is 8.24. The molecule has 0 radical (unpaired) electrons. The van der Waals surface area contributed by atoms with Gasteiger partial charge in [0, 0.05) is 12.3 Å². The van der Waals surface area contributed by atoms with Crippen molar-refractivity contribution in [2.24, 2.45) is 11.8 Å². The van der Waals surface area contributed by atoms with Crippen molar-refractivity contribution in [3.05, 3.63) is 68.8 Å². The lowest BCUT2D eigenvalue weighted by Crippen LogP contribution is -2.30. The summed E-state index contributed by atoms with van der Waals surface area (Å²) in [5.74, 6) is -3.05. The Balaban J connectivity index is 0.000000770. The number of hydrogen-bond acceptors (Lipinski definition) is 8. The average Bonchev–Trinajstić information content (AvgIpc) is 2.99. The summed E-state index contributed by atoms with van der Waals surface area (Å²) in [7, 11) is 2.59. The van der Waals surface area contributed by atoms with E-state index < -0.39 is 29.9 Å². The number of Topliss-reactive ketones (excluding diaryl/α,β-unsaturated/α-hetero) is 2. The number of ether oxygens (including phenoxy) is 2. The maximum atomic E-state index is 12.7. The number of esters is 2. The number of carbonyl (C=O) groups is 5. The van der Waals surface area contributed by atoms with Crippen LogP contribution in [0.4, 0.5) is 0 Å². The summed E-state index contributed by atoms with van der Waals surface area (Å²) in [6, 6.07) is 7.86. The summed E-state index contributed by atoms with van der Waals surface area (Å²) < 4.78 is 9.56. The summed E-state index contributed by atoms with van der Waals surface area (Å²) in [4.78, 5) is 58.0. The fourth-order valence-electron chi connectivity index (χ4n) is 5.32. The van der Waals surface area contributed by atoms with Crippen molar-refractivity contribution < 1.29 is 38.6 Å². The summed E-state index contributed by atoms with van der Waals surface area (Å²) in [5, 5.41) is 10.1. The molecule has 0 fully saturated rings. The molecule has 0 aliphatic heterocycles. The van der Waals surface area contributed by atoms with E-state index in [0.717, 1.165) is 58.1 Å². The molecule has 0 aliphatic carbocycles. The smallest absolute Gasteiger partial charge is 0.320 e. The van der Waals surface area contributed by atoms with Gasteiger partial charge in [-0.3, -0.25) is 19.2 Å². The van der Waals surface area contributed by atoms with E-state index >= 15 is 0 Å². The molecule has 0 saturated carbocycles. The number of aldehydes is 1. The van der Waals surface area contributed by atoms with Crippen molar-refractivity contribution in [1.82, 2.24) is 0 Å². The van der Waals surface area contributed by atoms with Crippen LogP contribution in [0.25, 0.3) is 0 Å². The lowest BCUT2D eigenvalue weighted by Gasteiger charge is -2.22. The van der Waals surface area contributed by atoms with Gasteiger partial charge < -0.3 is 19.4 Å². The van der Waals surface area contributed by atoms with Gasteiger partial charge in [0.15, 0.2) is 5.78 Å². The van der Waals surface area contributed by atoms with Crippen LogP contribution in [-0.4, -0.2) is 55.2 Å². The average molecular weight is 641 g/mol. The first kappa shape index (κ1) is 42.3. The fraction of sp³-hybridized carbons (Fsp3) is 0.553. The van der Waals surface area contributed by atoms with Gasteiger partial charge >= 0.3 is 11.9 Å². The molecular formula is C38H56O8. The van der Waals surface area contributed by atoms with Gasteiger partial charge in [0.1, 0.15) is 23.9 Å². The normalized spacial score (nSPS) is 13.7. The molecule has 46 heavy (non-hydrogen) atoms. The number of ketones is 2. The molecule has 0 spiro atoms. The van der Waals surface area contributed by atoms with Crippen LogP contribution >= 0.6 is 0 Å². The zero-order chi connectivity index (χ0) is 35.9. The van der Waals surface area contributed by atoms with Gasteiger partial charge in [0.05, 0.1) is 20.3 Å². The Morgan fingerprint density at radius 3 is 1.37 bits per heavy atom. The molecule has 0 saturated heterocycles. The van der Waals surface area contributed by atoms with Gasteiger partial charge in [-0.2, -0.15) is 0 Å². The van der Waals surface area contributed by atoms with Crippen LogP contribution in [0.2, 0.25) is 0 Å². The third kappa shape index (κ3) is 12.6. The van der Waals surface area contributed by atoms with Crippen molar-refractivity contribution in [1.29, 1.82) is 0 Å². The topological polar surface area (TPSA) is 124 Å². The van der Waals surface area contributed by atoms with E-state index in [1.807, 2.05) is 93.5 Å². The van der Waals surface area contributed by atoms with E-state index in [1.54, 1.807) is 0 Å². The van der Waals surface area contributed by atoms with Crippen molar-refractivity contribution in [2.45, 2.75) is 113 Å². The molecule has 5 unspecified atom stereocenters. The van der Waals surface area contributed by atoms with Gasteiger partial charge in [-0.25, -0.2) is 0 Å². The first-order chi connectivity index (χ1) is 21.4. The highest BCUT2D eigenvalue weighted by atomic mass is 16.5. The van der Waals surface area contributed by atoms with Crippen molar-refractivity contribution >= 4 is 29.8 Å². The predicted octanol–water partition coefficient (Wildman–Crippen LogP) is 6.92. The Morgan fingerprint density at radius 1 is 0.717 bits per heavy atom. The fourth-order valence-corrected chi connectivity index (χ4v) is 5.32. The van der Waals surface area contributed by atoms with Crippen LogP contribution < -0.4 is 0 Å². The molecule has 2 aromatic rings. The largest absolute Gasteiger partial charge is 0.468 e. The lowest BCUT2D eigenvalue weighted by atomic mass is 9.83. The molecule has 0 amide bonds. The van der Waals surface area contributed by atoms with Gasteiger partial charge in [0.2, 0.25) is 0 Å². The second-order valence-electron chi connectivity index (χ2n) is 12.3. The zero-order valence-electron chi connectivity index (χ0n) is 30.2. The Morgan fingerprint density at radius 2 is 1.09 bits per heavy atom. The summed E-state index contributed by atoms with van der Waals surface area (Å²) >= 11 is 0. The minimum atomic E-state index is -0.973. The molecule has 256 valence electrons. The number of aliphatic hydroxyl groups is 1. The number of aliphatic hydroxyl groups excluding tert-OH is 1. The quantitative estimate of drug-likeness (QED) is 0.151. The van der Waals surface area contributed by atoms with Gasteiger partial charge in [-0.05, 0) is 94.2 Å². The number of methoxy groups -OCH3 is 2. The van der Waals surface area contributed by atoms with Crippen LogP contribution in [0.15, 0.2) is 24.3 Å². The maximum Gasteiger partial charge on any atom is 0.320 e. The minimum absolute atomic E-state index is 0.0115. The number of hydrogen-bond donors (Lipinski definition) is 1. The van der Waals surface area contributed by atoms with Crippen LogP contribution in [0.3, 0.4) is 0 Å². The Labute approximate surface area is 276 Å². The van der Waals surface area contributed by atoms with Crippen molar-refractivity contribution in [2.75, 3.05) is 14.2 Å². The Kier molecular flexibility index (Phi) is 18.8. The van der Waals surface area contributed by atoms with E-state index in [0.29, 0.717) is 5.56 Å². The highest BCUT2D eigenvalue weighted by molar-refractivity contribution is 6.05. The molecule has 5 atom stereocenters. The number of carbonyl (C=O) groups excluding carboxylic acids is 5. The van der Waals surface area contributed by atoms with Crippen LogP contribution in [0.1, 0.15) is 110 Å². The van der Waals surface area contributed by atoms with Crippen LogP contribution in [0, 0.1) is 53.4 Å². The number of aryl methyl sites for hydroxylation is 6. The Hall–Kier alpha value is -3.65. The summed E-state index contributed by atoms with van der Waals surface area (Å²) in [6.07, 6.45) is 1.93. The second kappa shape index (κ2) is 20.5. The monoisotopic (exact) mass is 640 g/mol. The first-order valence-electron chi connectivity index (χ1n) is 15.9. The highest BCUT2D eigenvalue weighted by Crippen LogP contribution is 2.30. The van der Waals surface area contributed by atoms with E-state index in [1.165, 1.54) is 21.1 Å². The predicted molar refractivity (Wildman–Crippen MR) is 182 cm³/mol. The minimum Gasteiger partial charge on any atom is -0.468 e. The van der Waals surface area contributed by atoms with Gasteiger partial charge in [-0.15, -0.1) is 0 Å². The van der Waals surface area contributed by atoms with E-state index in [-0.39, 0.29) is 29.8 Å². The van der Waals surface area contributed by atoms with Gasteiger partial charge in [0.25, 0.3) is 0 Å². The van der Waals surface area contributed by atoms with E-state index in [2.05, 4.69) is 0 Å². The van der Waals surface area contributed by atoms with Gasteiger partial charge in [-0.1, -0.05) is 69.5 Å². The third-order valence-corrected chi connectivity index (χ3v) is 8.24. The maximum absolute atomic E-state index is 12.7. The molecule has 2 rings (SSSR count). The zero-order valence-corrected chi connectivity index (χ0v) is 30.2. The van der Waals surface area contributed by atoms with E-state index in [9.17, 15) is 29.1 Å².